The number of carbonyl (C=O) groups excluding carboxylic acids is 1. The molecule has 4 rings (SSSR count). The molecule has 1 amide bonds. The van der Waals surface area contributed by atoms with E-state index in [1.54, 1.807) is 14.2 Å². The van der Waals surface area contributed by atoms with E-state index in [0.717, 1.165) is 29.9 Å². The molecule has 3 aromatic rings. The molecule has 1 unspecified atom stereocenters. The molecule has 1 aromatic heterocycles. The number of aromatic nitrogens is 2. The van der Waals surface area contributed by atoms with Gasteiger partial charge in [0.2, 0.25) is 5.91 Å². The Morgan fingerprint density at radius 3 is 2.59 bits per heavy atom. The van der Waals surface area contributed by atoms with Crippen molar-refractivity contribution < 1.29 is 19.0 Å². The number of benzene rings is 2. The summed E-state index contributed by atoms with van der Waals surface area (Å²) in [6, 6.07) is 15.9. The predicted molar refractivity (Wildman–Crippen MR) is 130 cm³/mol. The number of hydrogen-bond donors (Lipinski definition) is 1. The Labute approximate surface area is 200 Å². The molecule has 34 heavy (non-hydrogen) atoms. The Kier molecular flexibility index (Phi) is 8.17. The highest BCUT2D eigenvalue weighted by molar-refractivity contribution is 5.76. The van der Waals surface area contributed by atoms with E-state index in [-0.39, 0.29) is 11.9 Å². The van der Waals surface area contributed by atoms with Crippen LogP contribution < -0.4 is 14.8 Å². The van der Waals surface area contributed by atoms with E-state index in [4.69, 9.17) is 14.2 Å². The first-order valence-corrected chi connectivity index (χ1v) is 11.6. The van der Waals surface area contributed by atoms with Gasteiger partial charge in [-0.1, -0.05) is 24.3 Å². The number of amides is 1. The molecule has 8 heteroatoms. The molecule has 8 nitrogen and oxygen atoms in total. The molecular weight excluding hydrogens is 432 g/mol. The minimum atomic E-state index is 0.0196. The lowest BCUT2D eigenvalue weighted by atomic mass is 10.0. The summed E-state index contributed by atoms with van der Waals surface area (Å²) in [5.41, 5.74) is 3.11. The van der Waals surface area contributed by atoms with Gasteiger partial charge in [-0.3, -0.25) is 9.69 Å². The predicted octanol–water partition coefficient (Wildman–Crippen LogP) is 3.01. The zero-order valence-corrected chi connectivity index (χ0v) is 19.8. The van der Waals surface area contributed by atoms with Gasteiger partial charge in [0.25, 0.3) is 0 Å². The van der Waals surface area contributed by atoms with Crippen LogP contribution in [0.1, 0.15) is 23.6 Å². The van der Waals surface area contributed by atoms with Crippen LogP contribution in [-0.4, -0.2) is 67.7 Å². The number of aryl methyl sites for hydroxylation is 1. The van der Waals surface area contributed by atoms with Crippen molar-refractivity contribution in [3.8, 4) is 17.2 Å². The van der Waals surface area contributed by atoms with Crippen molar-refractivity contribution in [2.24, 2.45) is 0 Å². The van der Waals surface area contributed by atoms with Gasteiger partial charge in [0.15, 0.2) is 11.5 Å². The second-order valence-corrected chi connectivity index (χ2v) is 8.21. The molecule has 1 fully saturated rings. The number of nitrogens with zero attached hydrogens (tertiary/aromatic N) is 3. The van der Waals surface area contributed by atoms with Gasteiger partial charge in [0.1, 0.15) is 0 Å². The normalized spacial score (nSPS) is 15.0. The fraction of sp³-hybridized carbons (Fsp3) is 0.385. The third-order valence-corrected chi connectivity index (χ3v) is 6.07. The van der Waals surface area contributed by atoms with Crippen LogP contribution in [0.4, 0.5) is 0 Å². The van der Waals surface area contributed by atoms with Gasteiger partial charge < -0.3 is 19.5 Å². The third kappa shape index (κ3) is 5.95. The van der Waals surface area contributed by atoms with Gasteiger partial charge in [-0.25, -0.2) is 4.68 Å². The summed E-state index contributed by atoms with van der Waals surface area (Å²) in [5, 5.41) is 7.55. The number of hydrogen-bond acceptors (Lipinski definition) is 6. The molecule has 0 spiro atoms. The Hall–Kier alpha value is -3.36. The fourth-order valence-corrected chi connectivity index (χ4v) is 4.17. The van der Waals surface area contributed by atoms with Crippen LogP contribution in [0.15, 0.2) is 60.9 Å². The Bertz CT molecular complexity index is 1060. The standard InChI is InChI=1S/C26H32N4O4/c1-32-24-10-9-21(16-25(24)33-2)23(29-12-14-34-15-13-29)18-27-26(31)11-8-20-17-28-30(19-20)22-6-4-3-5-7-22/h3-7,9-10,16-17,19,23H,8,11-15,18H2,1-2H3,(H,27,31). The zero-order valence-electron chi connectivity index (χ0n) is 19.8. The maximum Gasteiger partial charge on any atom is 0.220 e. The monoisotopic (exact) mass is 464 g/mol. The summed E-state index contributed by atoms with van der Waals surface area (Å²) in [4.78, 5) is 15.1. The highest BCUT2D eigenvalue weighted by Crippen LogP contribution is 2.32. The Balaban J connectivity index is 1.37. The van der Waals surface area contributed by atoms with Crippen LogP contribution in [0, 0.1) is 0 Å². The number of carbonyl (C=O) groups is 1. The first kappa shape index (κ1) is 23.8. The molecule has 1 saturated heterocycles. The van der Waals surface area contributed by atoms with Crippen LogP contribution in [0.5, 0.6) is 11.5 Å². The average Bonchev–Trinajstić information content (AvgIpc) is 3.38. The second-order valence-electron chi connectivity index (χ2n) is 8.21. The molecule has 180 valence electrons. The molecule has 1 aliphatic rings. The molecule has 0 bridgehead atoms. The number of methoxy groups -OCH3 is 2. The van der Waals surface area contributed by atoms with Crippen molar-refractivity contribution in [3.63, 3.8) is 0 Å². The van der Waals surface area contributed by atoms with E-state index < -0.39 is 0 Å². The highest BCUT2D eigenvalue weighted by atomic mass is 16.5. The van der Waals surface area contributed by atoms with Gasteiger partial charge in [0.05, 0.1) is 45.4 Å². The minimum absolute atomic E-state index is 0.0196. The molecule has 1 aliphatic heterocycles. The summed E-state index contributed by atoms with van der Waals surface area (Å²) < 4.78 is 18.2. The van der Waals surface area contributed by atoms with E-state index >= 15 is 0 Å². The highest BCUT2D eigenvalue weighted by Gasteiger charge is 2.24. The van der Waals surface area contributed by atoms with Crippen molar-refractivity contribution in [3.05, 3.63) is 72.1 Å². The number of morpholine rings is 1. The van der Waals surface area contributed by atoms with Crippen molar-refractivity contribution in [2.75, 3.05) is 47.1 Å². The van der Waals surface area contributed by atoms with E-state index in [1.807, 2.05) is 65.6 Å². The first-order valence-electron chi connectivity index (χ1n) is 11.6. The maximum absolute atomic E-state index is 12.7. The van der Waals surface area contributed by atoms with Gasteiger partial charge in [-0.2, -0.15) is 5.10 Å². The number of nitrogens with one attached hydrogen (secondary N) is 1. The van der Waals surface area contributed by atoms with Gasteiger partial charge in [-0.15, -0.1) is 0 Å². The average molecular weight is 465 g/mol. The lowest BCUT2D eigenvalue weighted by molar-refractivity contribution is -0.121. The van der Waals surface area contributed by atoms with Gasteiger partial charge >= 0.3 is 0 Å². The Morgan fingerprint density at radius 2 is 1.85 bits per heavy atom. The lowest BCUT2D eigenvalue weighted by Crippen LogP contribution is -2.43. The maximum atomic E-state index is 12.7. The zero-order chi connectivity index (χ0) is 23.8. The third-order valence-electron chi connectivity index (χ3n) is 6.07. The van der Waals surface area contributed by atoms with Gasteiger partial charge in [0, 0.05) is 32.3 Å². The van der Waals surface area contributed by atoms with Crippen LogP contribution in [-0.2, 0) is 16.0 Å². The van der Waals surface area contributed by atoms with E-state index in [0.29, 0.717) is 44.1 Å². The fourth-order valence-electron chi connectivity index (χ4n) is 4.17. The Morgan fingerprint density at radius 1 is 1.09 bits per heavy atom. The number of para-hydroxylation sites is 1. The van der Waals surface area contributed by atoms with E-state index in [2.05, 4.69) is 15.3 Å². The molecular formula is C26H32N4O4. The van der Waals surface area contributed by atoms with Crippen LogP contribution in [0.3, 0.4) is 0 Å². The lowest BCUT2D eigenvalue weighted by Gasteiger charge is -2.35. The molecule has 0 aliphatic carbocycles. The SMILES string of the molecule is COc1ccc(C(CNC(=O)CCc2cnn(-c3ccccc3)c2)N2CCOCC2)cc1OC. The smallest absolute Gasteiger partial charge is 0.220 e. The summed E-state index contributed by atoms with van der Waals surface area (Å²) in [6.45, 7) is 3.50. The summed E-state index contributed by atoms with van der Waals surface area (Å²) in [5.74, 6) is 1.39. The summed E-state index contributed by atoms with van der Waals surface area (Å²) in [7, 11) is 3.26. The van der Waals surface area contributed by atoms with Crippen molar-refractivity contribution in [1.29, 1.82) is 0 Å². The van der Waals surface area contributed by atoms with Crippen molar-refractivity contribution in [2.45, 2.75) is 18.9 Å². The summed E-state index contributed by atoms with van der Waals surface area (Å²) >= 11 is 0. The van der Waals surface area contributed by atoms with Crippen LogP contribution >= 0.6 is 0 Å². The molecule has 0 radical (unpaired) electrons. The summed E-state index contributed by atoms with van der Waals surface area (Å²) in [6.07, 6.45) is 4.84. The molecule has 2 heterocycles. The van der Waals surface area contributed by atoms with Crippen LogP contribution in [0.2, 0.25) is 0 Å². The van der Waals surface area contributed by atoms with Gasteiger partial charge in [-0.05, 0) is 41.8 Å². The number of ether oxygens (including phenoxy) is 3. The topological polar surface area (TPSA) is 77.9 Å². The van der Waals surface area contributed by atoms with E-state index in [1.165, 1.54) is 0 Å². The second kappa shape index (κ2) is 11.7. The van der Waals surface area contributed by atoms with Crippen molar-refractivity contribution in [1.82, 2.24) is 20.0 Å². The molecule has 1 atom stereocenters. The first-order chi connectivity index (χ1) is 16.7. The van der Waals surface area contributed by atoms with E-state index in [9.17, 15) is 4.79 Å². The number of rotatable bonds is 10. The molecule has 0 saturated carbocycles. The molecule has 2 aromatic carbocycles. The minimum Gasteiger partial charge on any atom is -0.493 e. The quantitative estimate of drug-likeness (QED) is 0.497. The molecule has 1 N–H and O–H groups in total. The van der Waals surface area contributed by atoms with Crippen LogP contribution in [0.25, 0.3) is 5.69 Å². The largest absolute Gasteiger partial charge is 0.493 e. The van der Waals surface area contributed by atoms with Crippen molar-refractivity contribution >= 4 is 5.91 Å².